The smallest absolute Gasteiger partial charge is 0.0910 e. The van der Waals surface area contributed by atoms with Crippen molar-refractivity contribution in [3.8, 4) is 0 Å². The van der Waals surface area contributed by atoms with Crippen molar-refractivity contribution in [3.05, 3.63) is 47.8 Å². The zero-order valence-corrected chi connectivity index (χ0v) is 12.3. The van der Waals surface area contributed by atoms with Crippen LogP contribution in [0.3, 0.4) is 0 Å². The Labute approximate surface area is 110 Å². The van der Waals surface area contributed by atoms with Crippen LogP contribution in [-0.2, 0) is 5.41 Å². The predicted octanol–water partition coefficient (Wildman–Crippen LogP) is 4.15. The van der Waals surface area contributed by atoms with E-state index in [9.17, 15) is 0 Å². The van der Waals surface area contributed by atoms with E-state index in [4.69, 9.17) is 0 Å². The molecule has 0 radical (unpaired) electrons. The van der Waals surface area contributed by atoms with Gasteiger partial charge in [-0.05, 0) is 37.1 Å². The third-order valence-corrected chi connectivity index (χ3v) is 3.42. The molecule has 0 aliphatic rings. The maximum absolute atomic E-state index is 2.34. The normalized spacial score (nSPS) is 11.9. The summed E-state index contributed by atoms with van der Waals surface area (Å²) in [7, 11) is 0. The Bertz CT molecular complexity index is 574. The van der Waals surface area contributed by atoms with Gasteiger partial charge in [-0.15, -0.1) is 0 Å². The van der Waals surface area contributed by atoms with Crippen LogP contribution in [0.5, 0.6) is 0 Å². The van der Waals surface area contributed by atoms with Crippen molar-refractivity contribution in [2.75, 3.05) is 0 Å². The van der Waals surface area contributed by atoms with Crippen LogP contribution >= 0.6 is 0 Å². The van der Waals surface area contributed by atoms with Crippen LogP contribution in [0, 0.1) is 13.0 Å². The minimum Gasteiger partial charge on any atom is -0.331 e. The molecule has 2 rings (SSSR count). The van der Waals surface area contributed by atoms with Crippen molar-refractivity contribution in [1.82, 2.24) is 0 Å². The van der Waals surface area contributed by atoms with Gasteiger partial charge in [0, 0.05) is 5.41 Å². The fourth-order valence-electron chi connectivity index (χ4n) is 2.74. The average Bonchev–Trinajstić information content (AvgIpc) is 2.27. The maximum atomic E-state index is 2.34. The van der Waals surface area contributed by atoms with Gasteiger partial charge in [-0.1, -0.05) is 45.0 Å². The third kappa shape index (κ3) is 2.10. The second-order valence-corrected chi connectivity index (χ2v) is 6.26. The molecule has 0 spiro atoms. The number of pyridine rings is 1. The lowest BCUT2D eigenvalue weighted by Crippen LogP contribution is -2.46. The summed E-state index contributed by atoms with van der Waals surface area (Å²) >= 11 is 0. The van der Waals surface area contributed by atoms with Crippen molar-refractivity contribution >= 4 is 10.8 Å². The van der Waals surface area contributed by atoms with Gasteiger partial charge in [0.05, 0.1) is 17.9 Å². The number of hydrogen-bond donors (Lipinski definition) is 0. The molecule has 2 aromatic rings. The third-order valence-electron chi connectivity index (χ3n) is 3.42. The topological polar surface area (TPSA) is 3.88 Å². The molecule has 1 aromatic carbocycles. The van der Waals surface area contributed by atoms with Crippen LogP contribution < -0.4 is 4.57 Å². The lowest BCUT2D eigenvalue weighted by Gasteiger charge is -2.28. The van der Waals surface area contributed by atoms with Crippen molar-refractivity contribution in [2.45, 2.75) is 47.0 Å². The van der Waals surface area contributed by atoms with Gasteiger partial charge in [-0.2, -0.15) is 0 Å². The van der Waals surface area contributed by atoms with Gasteiger partial charge in [-0.25, -0.2) is 0 Å². The van der Waals surface area contributed by atoms with E-state index in [1.54, 1.807) is 0 Å². The fourth-order valence-corrected chi connectivity index (χ4v) is 2.74. The van der Waals surface area contributed by atoms with Crippen molar-refractivity contribution < 1.29 is 4.57 Å². The summed E-state index contributed by atoms with van der Waals surface area (Å²) in [5.41, 5.74) is 2.94. The first kappa shape index (κ1) is 12.9. The van der Waals surface area contributed by atoms with E-state index in [2.05, 4.69) is 76.6 Å². The first-order valence-corrected chi connectivity index (χ1v) is 6.57. The summed E-state index contributed by atoms with van der Waals surface area (Å²) < 4.78 is 2.34. The predicted molar refractivity (Wildman–Crippen MR) is 77.6 cm³/mol. The lowest BCUT2D eigenvalue weighted by molar-refractivity contribution is -0.665. The highest BCUT2D eigenvalue weighted by atomic mass is 15.0. The van der Waals surface area contributed by atoms with Gasteiger partial charge >= 0.3 is 0 Å². The highest BCUT2D eigenvalue weighted by molar-refractivity contribution is 5.84. The molecule has 0 fully saturated rings. The van der Waals surface area contributed by atoms with Crippen LogP contribution in [0.1, 0.15) is 45.9 Å². The first-order chi connectivity index (χ1) is 8.32. The van der Waals surface area contributed by atoms with Gasteiger partial charge in [0.15, 0.2) is 0 Å². The summed E-state index contributed by atoms with van der Waals surface area (Å²) in [4.78, 5) is 0. The number of rotatable bonds is 1. The molecule has 0 amide bonds. The van der Waals surface area contributed by atoms with Gasteiger partial charge in [0.2, 0.25) is 0 Å². The molecule has 0 saturated heterocycles. The Kier molecular flexibility index (Phi) is 3.10. The van der Waals surface area contributed by atoms with Crippen LogP contribution in [0.15, 0.2) is 30.5 Å². The fraction of sp³-hybridized carbons (Fsp3) is 0.412. The van der Waals surface area contributed by atoms with Crippen LogP contribution in [0.4, 0.5) is 0 Å². The molecule has 0 aliphatic heterocycles. The van der Waals surface area contributed by atoms with Gasteiger partial charge in [0.1, 0.15) is 0 Å². The number of aromatic nitrogens is 1. The van der Waals surface area contributed by atoms with Crippen LogP contribution in [0.2, 0.25) is 0 Å². The van der Waals surface area contributed by atoms with Crippen LogP contribution in [-0.4, -0.2) is 0 Å². The maximum Gasteiger partial charge on any atom is 0.0910 e. The monoisotopic (exact) mass is 241 g/mol. The number of hydrogen-bond acceptors (Lipinski definition) is 0. The summed E-state index contributed by atoms with van der Waals surface area (Å²) in [5.74, 6) is 0. The lowest BCUT2D eigenvalue weighted by atomic mass is 9.86. The first-order valence-electron chi connectivity index (χ1n) is 6.57. The quantitative estimate of drug-likeness (QED) is 0.521. The van der Waals surface area contributed by atoms with E-state index in [0.29, 0.717) is 0 Å². The molecule has 1 heterocycles. The van der Waals surface area contributed by atoms with Gasteiger partial charge in [0.25, 0.3) is 0 Å². The number of fused-ring (bicyclic) bond motifs is 1. The van der Waals surface area contributed by atoms with E-state index >= 15 is 0 Å². The second-order valence-electron chi connectivity index (χ2n) is 6.26. The van der Waals surface area contributed by atoms with Crippen molar-refractivity contribution in [3.63, 3.8) is 0 Å². The minimum atomic E-state index is 0.144. The van der Waals surface area contributed by atoms with Gasteiger partial charge in [-0.3, -0.25) is 0 Å². The molecule has 18 heavy (non-hydrogen) atoms. The largest absolute Gasteiger partial charge is 0.331 e. The molecule has 0 bridgehead atoms. The van der Waals surface area contributed by atoms with Gasteiger partial charge < -0.3 is 4.57 Å². The van der Waals surface area contributed by atoms with Crippen molar-refractivity contribution in [1.29, 1.82) is 0 Å². The summed E-state index contributed by atoms with van der Waals surface area (Å²) in [5, 5.41) is 2.67. The molecular formula is C17H23N. The molecule has 1 nitrogen and oxygen atoms in total. The SMILES string of the molecule is Cc1c(C(C)(C)C)[n+]([C-](C)C)cc2ccccc12. The van der Waals surface area contributed by atoms with E-state index in [-0.39, 0.29) is 5.41 Å². The van der Waals surface area contributed by atoms with E-state index in [0.717, 1.165) is 0 Å². The van der Waals surface area contributed by atoms with E-state index in [1.165, 1.54) is 28.1 Å². The standard InChI is InChI=1S/C17H23N/c1-12(2)18-11-14-9-7-8-10-15(14)13(3)16(18)17(4,5)6/h7-11H,1-6H3. The Morgan fingerprint density at radius 3 is 2.22 bits per heavy atom. The molecule has 0 aliphatic carbocycles. The Morgan fingerprint density at radius 2 is 1.67 bits per heavy atom. The molecule has 0 N–H and O–H groups in total. The summed E-state index contributed by atoms with van der Waals surface area (Å²) in [6.07, 6.45) is 2.26. The molecular weight excluding hydrogens is 218 g/mol. The van der Waals surface area contributed by atoms with Crippen LogP contribution in [0.25, 0.3) is 10.8 Å². The highest BCUT2D eigenvalue weighted by Gasteiger charge is 2.23. The molecule has 1 heteroatoms. The van der Waals surface area contributed by atoms with E-state index in [1.807, 2.05) is 0 Å². The number of benzene rings is 1. The zero-order chi connectivity index (χ0) is 13.5. The molecule has 0 atom stereocenters. The second kappa shape index (κ2) is 4.31. The molecule has 0 unspecified atom stereocenters. The summed E-state index contributed by atoms with van der Waals surface area (Å²) in [6, 6.07) is 9.94. The average molecular weight is 241 g/mol. The number of aryl methyl sites for hydroxylation is 1. The highest BCUT2D eigenvalue weighted by Crippen LogP contribution is 2.28. The Balaban J connectivity index is 2.89. The molecule has 1 aromatic heterocycles. The van der Waals surface area contributed by atoms with Crippen molar-refractivity contribution in [2.24, 2.45) is 0 Å². The summed E-state index contributed by atoms with van der Waals surface area (Å²) in [6.45, 7) is 13.4. The zero-order valence-electron chi connectivity index (χ0n) is 12.3. The minimum absolute atomic E-state index is 0.144. The Morgan fingerprint density at radius 1 is 1.06 bits per heavy atom. The molecule has 96 valence electrons. The Hall–Kier alpha value is -1.50. The number of nitrogens with zero attached hydrogens (tertiary/aromatic N) is 1. The van der Waals surface area contributed by atoms with E-state index < -0.39 is 0 Å². The molecule has 0 saturated carbocycles.